The lowest BCUT2D eigenvalue weighted by atomic mass is 9.78. The molecular weight excluding hydrogens is 408 g/mol. The molecule has 0 saturated carbocycles. The normalized spacial score (nSPS) is 13.4. The molecule has 164 valence electrons. The fraction of sp³-hybridized carbons (Fsp3) is 0.435. The highest BCUT2D eigenvalue weighted by molar-refractivity contribution is 6.18. The maximum atomic E-state index is 11.0. The van der Waals surface area contributed by atoms with Crippen LogP contribution in [0.3, 0.4) is 0 Å². The first kappa shape index (κ1) is 24.0. The zero-order valence-electron chi connectivity index (χ0n) is 17.5. The highest BCUT2D eigenvalue weighted by atomic mass is 35.5. The Morgan fingerprint density at radius 2 is 1.43 bits per heavy atom. The molecule has 0 aliphatic rings. The molecular formula is C23H29ClO6. The van der Waals surface area contributed by atoms with Gasteiger partial charge in [0.25, 0.3) is 0 Å². The van der Waals surface area contributed by atoms with Gasteiger partial charge in [0, 0.05) is 12.3 Å². The van der Waals surface area contributed by atoms with Gasteiger partial charge in [0.15, 0.2) is 6.10 Å². The Morgan fingerprint density at radius 1 is 0.967 bits per heavy atom. The number of aliphatic hydroxyl groups excluding tert-OH is 2. The third-order valence-electron chi connectivity index (χ3n) is 4.74. The number of carbonyl (C=O) groups excluding carboxylic acids is 1. The number of halogens is 1. The number of benzene rings is 2. The van der Waals surface area contributed by atoms with Crippen LogP contribution < -0.4 is 9.47 Å². The second kappa shape index (κ2) is 11.2. The molecule has 30 heavy (non-hydrogen) atoms. The zero-order chi connectivity index (χ0) is 22.1. The largest absolute Gasteiger partial charge is 0.491 e. The van der Waals surface area contributed by atoms with E-state index in [1.807, 2.05) is 48.5 Å². The van der Waals surface area contributed by atoms with Gasteiger partial charge < -0.3 is 24.4 Å². The Labute approximate surface area is 182 Å². The second-order valence-electron chi connectivity index (χ2n) is 7.52. The quantitative estimate of drug-likeness (QED) is 0.415. The molecule has 0 fully saturated rings. The number of hydrogen-bond acceptors (Lipinski definition) is 6. The standard InChI is InChI=1S/C23H29ClO6/c1-16(26)30-22(13-25)15-29-21-10-6-18(7-11-21)23(2,3)17-4-8-20(9-5-17)28-14-19(27)12-24/h4-11,19,22,25,27H,12-15H2,1-3H3. The molecule has 0 aliphatic carbocycles. The van der Waals surface area contributed by atoms with Crippen molar-refractivity contribution in [1.29, 1.82) is 0 Å². The van der Waals surface area contributed by atoms with Gasteiger partial charge in [-0.1, -0.05) is 38.1 Å². The molecule has 2 N–H and O–H groups in total. The van der Waals surface area contributed by atoms with Gasteiger partial charge in [-0.2, -0.15) is 0 Å². The maximum Gasteiger partial charge on any atom is 0.303 e. The summed E-state index contributed by atoms with van der Waals surface area (Å²) in [5.74, 6) is 0.978. The van der Waals surface area contributed by atoms with Gasteiger partial charge in [-0.3, -0.25) is 4.79 Å². The fourth-order valence-corrected chi connectivity index (χ4v) is 2.98. The molecule has 0 amide bonds. The van der Waals surface area contributed by atoms with Crippen molar-refractivity contribution >= 4 is 17.6 Å². The topological polar surface area (TPSA) is 85.2 Å². The lowest BCUT2D eigenvalue weighted by Crippen LogP contribution is -2.27. The molecule has 2 aromatic carbocycles. The van der Waals surface area contributed by atoms with E-state index in [2.05, 4.69) is 13.8 Å². The van der Waals surface area contributed by atoms with Crippen LogP contribution in [-0.2, 0) is 14.9 Å². The first-order chi connectivity index (χ1) is 14.3. The highest BCUT2D eigenvalue weighted by Crippen LogP contribution is 2.33. The molecule has 2 unspecified atom stereocenters. The van der Waals surface area contributed by atoms with Gasteiger partial charge in [0.2, 0.25) is 0 Å². The van der Waals surface area contributed by atoms with Gasteiger partial charge >= 0.3 is 5.97 Å². The highest BCUT2D eigenvalue weighted by Gasteiger charge is 2.23. The number of alkyl halides is 1. The Kier molecular flexibility index (Phi) is 8.96. The molecule has 6 nitrogen and oxygen atoms in total. The predicted molar refractivity (Wildman–Crippen MR) is 115 cm³/mol. The van der Waals surface area contributed by atoms with E-state index < -0.39 is 18.2 Å². The van der Waals surface area contributed by atoms with E-state index in [1.54, 1.807) is 0 Å². The molecule has 2 aromatic rings. The van der Waals surface area contributed by atoms with Crippen LogP contribution in [0.5, 0.6) is 11.5 Å². The average molecular weight is 437 g/mol. The number of aliphatic hydroxyl groups is 2. The van der Waals surface area contributed by atoms with E-state index in [0.717, 1.165) is 11.1 Å². The van der Waals surface area contributed by atoms with Crippen LogP contribution in [0.4, 0.5) is 0 Å². The smallest absolute Gasteiger partial charge is 0.303 e. The molecule has 7 heteroatoms. The Balaban J connectivity index is 2.01. The van der Waals surface area contributed by atoms with E-state index in [0.29, 0.717) is 11.5 Å². The Morgan fingerprint density at radius 3 is 1.83 bits per heavy atom. The van der Waals surface area contributed by atoms with Crippen molar-refractivity contribution in [3.05, 3.63) is 59.7 Å². The predicted octanol–water partition coefficient (Wildman–Crippen LogP) is 3.29. The first-order valence-corrected chi connectivity index (χ1v) is 10.3. The molecule has 0 saturated heterocycles. The van der Waals surface area contributed by atoms with Crippen LogP contribution >= 0.6 is 11.6 Å². The molecule has 2 rings (SSSR count). The van der Waals surface area contributed by atoms with Crippen molar-refractivity contribution in [3.8, 4) is 11.5 Å². The third kappa shape index (κ3) is 6.90. The molecule has 0 aromatic heterocycles. The van der Waals surface area contributed by atoms with E-state index in [1.165, 1.54) is 6.92 Å². The van der Waals surface area contributed by atoms with Crippen LogP contribution in [0.25, 0.3) is 0 Å². The van der Waals surface area contributed by atoms with Crippen LogP contribution in [0.1, 0.15) is 31.9 Å². The summed E-state index contributed by atoms with van der Waals surface area (Å²) in [4.78, 5) is 11.0. The summed E-state index contributed by atoms with van der Waals surface area (Å²) >= 11 is 5.57. The minimum atomic E-state index is -0.690. The van der Waals surface area contributed by atoms with Crippen molar-refractivity contribution < 1.29 is 29.2 Å². The van der Waals surface area contributed by atoms with Crippen LogP contribution in [0.15, 0.2) is 48.5 Å². The van der Waals surface area contributed by atoms with Crippen molar-refractivity contribution in [2.45, 2.75) is 38.4 Å². The summed E-state index contributed by atoms with van der Waals surface area (Å²) < 4.78 is 16.1. The minimum absolute atomic E-state index is 0.0820. The maximum absolute atomic E-state index is 11.0. The molecule has 0 heterocycles. The molecule has 2 atom stereocenters. The number of rotatable bonds is 11. The molecule has 0 radical (unpaired) electrons. The Hall–Kier alpha value is -2.28. The summed E-state index contributed by atoms with van der Waals surface area (Å²) in [6, 6.07) is 15.4. The van der Waals surface area contributed by atoms with Crippen LogP contribution in [0.2, 0.25) is 0 Å². The van der Waals surface area contributed by atoms with Crippen molar-refractivity contribution in [2.75, 3.05) is 25.7 Å². The minimum Gasteiger partial charge on any atom is -0.491 e. The third-order valence-corrected chi connectivity index (χ3v) is 5.10. The lowest BCUT2D eigenvalue weighted by Gasteiger charge is -2.26. The van der Waals surface area contributed by atoms with Gasteiger partial charge in [-0.05, 0) is 35.4 Å². The van der Waals surface area contributed by atoms with Crippen LogP contribution in [-0.4, -0.2) is 54.1 Å². The SMILES string of the molecule is CC(=O)OC(CO)COc1ccc(C(C)(C)c2ccc(OCC(O)CCl)cc2)cc1. The lowest BCUT2D eigenvalue weighted by molar-refractivity contribution is -0.150. The Bertz CT molecular complexity index is 788. The van der Waals surface area contributed by atoms with E-state index in [9.17, 15) is 15.0 Å². The summed E-state index contributed by atoms with van der Waals surface area (Å²) in [7, 11) is 0. The summed E-state index contributed by atoms with van der Waals surface area (Å²) in [5, 5.41) is 18.7. The number of hydrogen-bond donors (Lipinski definition) is 2. The summed E-state index contributed by atoms with van der Waals surface area (Å²) in [5.41, 5.74) is 1.95. The van der Waals surface area contributed by atoms with Crippen molar-refractivity contribution in [2.24, 2.45) is 0 Å². The average Bonchev–Trinajstić information content (AvgIpc) is 2.75. The van der Waals surface area contributed by atoms with Crippen LogP contribution in [0, 0.1) is 0 Å². The van der Waals surface area contributed by atoms with Gasteiger partial charge in [0.05, 0.1) is 12.5 Å². The monoisotopic (exact) mass is 436 g/mol. The number of ether oxygens (including phenoxy) is 3. The molecule has 0 bridgehead atoms. The fourth-order valence-electron chi connectivity index (χ4n) is 2.89. The van der Waals surface area contributed by atoms with Crippen molar-refractivity contribution in [3.63, 3.8) is 0 Å². The van der Waals surface area contributed by atoms with Gasteiger partial charge in [-0.15, -0.1) is 11.6 Å². The zero-order valence-corrected chi connectivity index (χ0v) is 18.3. The molecule has 0 aliphatic heterocycles. The van der Waals surface area contributed by atoms with Crippen molar-refractivity contribution in [1.82, 2.24) is 0 Å². The van der Waals surface area contributed by atoms with E-state index in [-0.39, 0.29) is 31.1 Å². The summed E-state index contributed by atoms with van der Waals surface area (Å²) in [6.07, 6.45) is -1.38. The van der Waals surface area contributed by atoms with E-state index in [4.69, 9.17) is 25.8 Å². The summed E-state index contributed by atoms with van der Waals surface area (Å²) in [6.45, 7) is 5.48. The van der Waals surface area contributed by atoms with E-state index >= 15 is 0 Å². The molecule has 0 spiro atoms. The second-order valence-corrected chi connectivity index (χ2v) is 7.83. The van der Waals surface area contributed by atoms with Gasteiger partial charge in [0.1, 0.15) is 30.8 Å². The first-order valence-electron chi connectivity index (χ1n) is 9.75. The van der Waals surface area contributed by atoms with Gasteiger partial charge in [-0.25, -0.2) is 0 Å². The number of carbonyl (C=O) groups is 1. The number of esters is 1.